The Labute approximate surface area is 205 Å². The number of ether oxygens (including phenoxy) is 3. The number of aromatic nitrogens is 1. The minimum absolute atomic E-state index is 0.188. The van der Waals surface area contributed by atoms with Gasteiger partial charge in [0, 0.05) is 47.8 Å². The van der Waals surface area contributed by atoms with Gasteiger partial charge in [0.25, 0.3) is 5.91 Å². The van der Waals surface area contributed by atoms with E-state index in [1.54, 1.807) is 0 Å². The Balaban J connectivity index is 1.30. The molecule has 0 unspecified atom stereocenters. The molecular formula is C23H27BrN4O4S. The van der Waals surface area contributed by atoms with Crippen molar-refractivity contribution in [3.63, 3.8) is 0 Å². The van der Waals surface area contributed by atoms with Crippen molar-refractivity contribution in [1.82, 2.24) is 15.2 Å². The molecule has 0 radical (unpaired) electrons. The Morgan fingerprint density at radius 1 is 1.24 bits per heavy atom. The molecule has 1 aliphatic rings. The van der Waals surface area contributed by atoms with Crippen molar-refractivity contribution in [2.75, 3.05) is 58.3 Å². The highest BCUT2D eigenvalue weighted by Crippen LogP contribution is 2.33. The molecule has 0 saturated carbocycles. The van der Waals surface area contributed by atoms with Crippen molar-refractivity contribution in [2.45, 2.75) is 6.61 Å². The summed E-state index contributed by atoms with van der Waals surface area (Å²) in [6, 6.07) is 7.63. The van der Waals surface area contributed by atoms with Gasteiger partial charge in [0.1, 0.15) is 18.2 Å². The molecule has 176 valence electrons. The maximum atomic E-state index is 12.8. The predicted octanol–water partition coefficient (Wildman–Crippen LogP) is 3.30. The fraction of sp³-hybridized carbons (Fsp3) is 0.391. The second-order valence-electron chi connectivity index (χ2n) is 7.59. The molecule has 1 saturated heterocycles. The van der Waals surface area contributed by atoms with Crippen molar-refractivity contribution in [2.24, 2.45) is 0 Å². The van der Waals surface area contributed by atoms with E-state index >= 15 is 0 Å². The van der Waals surface area contributed by atoms with Crippen LogP contribution in [0.3, 0.4) is 0 Å². The van der Waals surface area contributed by atoms with E-state index in [4.69, 9.17) is 19.9 Å². The first-order valence-electron chi connectivity index (χ1n) is 10.8. The number of nitrogen functional groups attached to an aromatic ring is 1. The number of anilines is 1. The first-order chi connectivity index (χ1) is 16.1. The molecule has 10 heteroatoms. The summed E-state index contributed by atoms with van der Waals surface area (Å²) in [5.74, 6) is 0.960. The number of carbonyl (C=O) groups excluding carboxylic acids is 1. The molecule has 33 heavy (non-hydrogen) atoms. The summed E-state index contributed by atoms with van der Waals surface area (Å²) in [5.41, 5.74) is 7.56. The molecule has 1 aliphatic heterocycles. The molecule has 2 aromatic heterocycles. The number of pyridine rings is 1. The quantitative estimate of drug-likeness (QED) is 0.385. The van der Waals surface area contributed by atoms with Gasteiger partial charge in [-0.3, -0.25) is 9.69 Å². The van der Waals surface area contributed by atoms with Gasteiger partial charge in [-0.05, 0) is 29.6 Å². The molecule has 1 fully saturated rings. The minimum atomic E-state index is -0.188. The lowest BCUT2D eigenvalue weighted by Crippen LogP contribution is -2.38. The average molecular weight is 535 g/mol. The molecule has 1 amide bonds. The van der Waals surface area contributed by atoms with E-state index in [0.29, 0.717) is 37.7 Å². The Morgan fingerprint density at radius 2 is 2.03 bits per heavy atom. The van der Waals surface area contributed by atoms with Crippen LogP contribution in [0, 0.1) is 0 Å². The molecule has 0 aliphatic carbocycles. The fourth-order valence-electron chi connectivity index (χ4n) is 3.54. The van der Waals surface area contributed by atoms with Crippen LogP contribution in [0.15, 0.2) is 40.3 Å². The predicted molar refractivity (Wildman–Crippen MR) is 133 cm³/mol. The first-order valence-corrected chi connectivity index (χ1v) is 12.5. The lowest BCUT2D eigenvalue weighted by atomic mass is 10.1. The van der Waals surface area contributed by atoms with E-state index in [-0.39, 0.29) is 5.91 Å². The Bertz CT molecular complexity index is 1070. The maximum absolute atomic E-state index is 12.8. The number of halogens is 1. The molecule has 0 spiro atoms. The fourth-order valence-corrected chi connectivity index (χ4v) is 4.88. The zero-order valence-corrected chi connectivity index (χ0v) is 20.6. The highest BCUT2D eigenvalue weighted by atomic mass is 79.9. The summed E-state index contributed by atoms with van der Waals surface area (Å²) in [6.45, 7) is 6.18. The van der Waals surface area contributed by atoms with Crippen LogP contribution in [-0.2, 0) is 16.1 Å². The monoisotopic (exact) mass is 534 g/mol. The van der Waals surface area contributed by atoms with Crippen LogP contribution in [-0.4, -0.2) is 68.4 Å². The molecular weight excluding hydrogens is 508 g/mol. The van der Waals surface area contributed by atoms with Crippen LogP contribution in [0.5, 0.6) is 5.75 Å². The van der Waals surface area contributed by atoms with E-state index in [0.717, 1.165) is 58.7 Å². The zero-order chi connectivity index (χ0) is 23.0. The number of benzene rings is 1. The molecule has 0 bridgehead atoms. The van der Waals surface area contributed by atoms with Crippen LogP contribution in [0.1, 0.15) is 15.9 Å². The van der Waals surface area contributed by atoms with Crippen molar-refractivity contribution >= 4 is 49.1 Å². The maximum Gasteiger partial charge on any atom is 0.254 e. The Morgan fingerprint density at radius 3 is 2.82 bits per heavy atom. The van der Waals surface area contributed by atoms with Gasteiger partial charge in [0.15, 0.2) is 0 Å². The topological polar surface area (TPSA) is 98.9 Å². The lowest BCUT2D eigenvalue weighted by molar-refractivity contribution is 0.0207. The standard InChI is InChI=1S/C23H27BrN4O4S/c24-17-1-3-18(4-2-17)32-14-16-15-33-21-19(13-27-22(25)20(16)21)23(29)26-5-9-30-10-6-28-7-11-31-12-8-28/h1-4,13,15H,5-12,14H2,(H2,25,27)(H,26,29). The Kier molecular flexibility index (Phi) is 8.51. The largest absolute Gasteiger partial charge is 0.489 e. The zero-order valence-electron chi connectivity index (χ0n) is 18.2. The third kappa shape index (κ3) is 6.42. The van der Waals surface area contributed by atoms with Gasteiger partial charge < -0.3 is 25.3 Å². The number of nitrogens with one attached hydrogen (secondary N) is 1. The van der Waals surface area contributed by atoms with Gasteiger partial charge in [0.2, 0.25) is 0 Å². The number of carbonyl (C=O) groups is 1. The smallest absolute Gasteiger partial charge is 0.254 e. The Hall–Kier alpha value is -2.24. The number of rotatable bonds is 10. The van der Waals surface area contributed by atoms with Crippen LogP contribution in [0.25, 0.3) is 10.1 Å². The molecule has 4 rings (SSSR count). The van der Waals surface area contributed by atoms with E-state index < -0.39 is 0 Å². The van der Waals surface area contributed by atoms with Gasteiger partial charge in [0.05, 0.1) is 36.7 Å². The summed E-state index contributed by atoms with van der Waals surface area (Å²) < 4.78 is 18.7. The summed E-state index contributed by atoms with van der Waals surface area (Å²) in [6.07, 6.45) is 1.53. The van der Waals surface area contributed by atoms with Crippen molar-refractivity contribution in [3.8, 4) is 5.75 Å². The number of amides is 1. The van der Waals surface area contributed by atoms with Crippen molar-refractivity contribution in [1.29, 1.82) is 0 Å². The van der Waals surface area contributed by atoms with E-state index in [1.165, 1.54) is 17.5 Å². The number of fused-ring (bicyclic) bond motifs is 1. The summed E-state index contributed by atoms with van der Waals surface area (Å²) >= 11 is 4.88. The van der Waals surface area contributed by atoms with E-state index in [9.17, 15) is 4.79 Å². The number of nitrogens with zero attached hydrogens (tertiary/aromatic N) is 2. The van der Waals surface area contributed by atoms with Crippen LogP contribution in [0.2, 0.25) is 0 Å². The molecule has 3 heterocycles. The molecule has 3 N–H and O–H groups in total. The summed E-state index contributed by atoms with van der Waals surface area (Å²) in [4.78, 5) is 19.3. The lowest BCUT2D eigenvalue weighted by Gasteiger charge is -2.26. The second-order valence-corrected chi connectivity index (χ2v) is 9.38. The minimum Gasteiger partial charge on any atom is -0.489 e. The number of morpholine rings is 1. The molecule has 1 aromatic carbocycles. The van der Waals surface area contributed by atoms with Gasteiger partial charge >= 0.3 is 0 Å². The summed E-state index contributed by atoms with van der Waals surface area (Å²) in [7, 11) is 0. The number of hydrogen-bond donors (Lipinski definition) is 2. The van der Waals surface area contributed by atoms with E-state index in [1.807, 2.05) is 29.6 Å². The SMILES string of the molecule is Nc1ncc(C(=O)NCCOCCN2CCOCC2)c2scc(COc3ccc(Br)cc3)c12. The average Bonchev–Trinajstić information content (AvgIpc) is 3.26. The molecule has 0 atom stereocenters. The van der Waals surface area contributed by atoms with Crippen LogP contribution < -0.4 is 15.8 Å². The van der Waals surface area contributed by atoms with Gasteiger partial charge in [-0.2, -0.15) is 0 Å². The third-order valence-corrected chi connectivity index (χ3v) is 6.93. The third-order valence-electron chi connectivity index (χ3n) is 5.34. The highest BCUT2D eigenvalue weighted by Gasteiger charge is 2.17. The van der Waals surface area contributed by atoms with Crippen LogP contribution >= 0.6 is 27.3 Å². The van der Waals surface area contributed by atoms with Gasteiger partial charge in [-0.15, -0.1) is 11.3 Å². The van der Waals surface area contributed by atoms with Gasteiger partial charge in [-0.25, -0.2) is 4.98 Å². The van der Waals surface area contributed by atoms with E-state index in [2.05, 4.69) is 31.1 Å². The molecule has 3 aromatic rings. The second kappa shape index (κ2) is 11.8. The number of nitrogens with two attached hydrogens (primary N) is 1. The van der Waals surface area contributed by atoms with Crippen LogP contribution in [0.4, 0.5) is 5.82 Å². The van der Waals surface area contributed by atoms with Crippen molar-refractivity contribution < 1.29 is 19.0 Å². The number of hydrogen-bond acceptors (Lipinski definition) is 8. The normalized spacial score (nSPS) is 14.5. The first kappa shape index (κ1) is 23.9. The molecule has 8 nitrogen and oxygen atoms in total. The van der Waals surface area contributed by atoms with Crippen molar-refractivity contribution in [3.05, 3.63) is 51.4 Å². The number of thiophene rings is 1. The highest BCUT2D eigenvalue weighted by molar-refractivity contribution is 9.10. The van der Waals surface area contributed by atoms with Gasteiger partial charge in [-0.1, -0.05) is 15.9 Å². The summed E-state index contributed by atoms with van der Waals surface area (Å²) in [5, 5.41) is 5.65.